The molecule has 0 heterocycles. The number of nitrogens with zero attached hydrogens (tertiary/aromatic N) is 2. The molecule has 1 saturated carbocycles. The minimum Gasteiger partial charge on any atom is -0.508 e. The van der Waals surface area contributed by atoms with Crippen LogP contribution in [0.1, 0.15) is 37.0 Å². The van der Waals surface area contributed by atoms with E-state index in [1.807, 2.05) is 37.2 Å². The van der Waals surface area contributed by atoms with Crippen LogP contribution in [0.4, 0.5) is 0 Å². The van der Waals surface area contributed by atoms with E-state index >= 15 is 0 Å². The Morgan fingerprint density at radius 1 is 1.05 bits per heavy atom. The summed E-state index contributed by atoms with van der Waals surface area (Å²) in [6, 6.07) is 7.72. The Morgan fingerprint density at radius 3 is 2.27 bits per heavy atom. The zero-order valence-corrected chi connectivity index (χ0v) is 26.0. The summed E-state index contributed by atoms with van der Waals surface area (Å²) in [4.78, 5) is 43.9. The van der Waals surface area contributed by atoms with Crippen LogP contribution in [-0.2, 0) is 27.3 Å². The van der Waals surface area contributed by atoms with E-state index in [0.29, 0.717) is 23.4 Å². The Labute approximate surface area is 255 Å². The number of fused-ring (bicyclic) bond motifs is 3. The number of hydrogen-bond acceptors (Lipinski definition) is 10. The number of Topliss-reactive ketones (excluding diaryl/α,β-unsaturated/α-hetero) is 2. The van der Waals surface area contributed by atoms with Crippen molar-refractivity contribution in [1.82, 2.24) is 9.80 Å². The number of rotatable bonds is 6. The van der Waals surface area contributed by atoms with E-state index in [4.69, 9.17) is 10.5 Å². The molecule has 2 aromatic rings. The van der Waals surface area contributed by atoms with Gasteiger partial charge in [-0.25, -0.2) is 0 Å². The van der Waals surface area contributed by atoms with E-state index in [1.54, 1.807) is 34.2 Å². The molecule has 234 valence electrons. The van der Waals surface area contributed by atoms with E-state index in [9.17, 15) is 34.8 Å². The highest BCUT2D eigenvalue weighted by molar-refractivity contribution is 6.25. The Balaban J connectivity index is 1.81. The molecule has 0 aliphatic heterocycles. The smallest absolute Gasteiger partial charge is 0.255 e. The number of benzene rings is 2. The van der Waals surface area contributed by atoms with Crippen molar-refractivity contribution < 1.29 is 39.5 Å². The number of phenols is 1. The molecule has 5 rings (SSSR count). The normalized spacial score (nSPS) is 28.3. The molecule has 0 aromatic heterocycles. The van der Waals surface area contributed by atoms with E-state index < -0.39 is 57.0 Å². The van der Waals surface area contributed by atoms with Crippen LogP contribution in [0.15, 0.2) is 47.2 Å². The lowest BCUT2D eigenvalue weighted by molar-refractivity contribution is -0.175. The fraction of sp³-hybridized carbons (Fsp3) is 0.424. The van der Waals surface area contributed by atoms with E-state index in [1.165, 1.54) is 17.9 Å². The molecule has 0 radical (unpaired) electrons. The number of methoxy groups -OCH3 is 1. The third kappa shape index (κ3) is 4.10. The molecule has 6 N–H and O–H groups in total. The maximum atomic E-state index is 14.5. The van der Waals surface area contributed by atoms with Gasteiger partial charge in [0.25, 0.3) is 5.91 Å². The number of primary amides is 1. The number of amides is 1. The SMILES string of the molecule is COc1ccc(CN(C)C)cc1-c1ccc(O)c2c1C[C@@]1(C)C[C@@]3(C)[C@H](N(C)C)C(=O)C(C(N)=O)=C(O)[C@@]3(O)C(=O)C1=C2O. The van der Waals surface area contributed by atoms with Gasteiger partial charge in [-0.15, -0.1) is 0 Å². The number of aromatic hydroxyl groups is 1. The number of aliphatic hydroxyl groups is 3. The fourth-order valence-electron chi connectivity index (χ4n) is 8.00. The van der Waals surface area contributed by atoms with Crippen LogP contribution in [0.3, 0.4) is 0 Å². The van der Waals surface area contributed by atoms with Crippen molar-refractivity contribution in [2.75, 3.05) is 35.3 Å². The minimum atomic E-state index is -2.77. The number of phenolic OH excluding ortho intramolecular Hbond substituents is 1. The standard InChI is InChI=1S/C33H39N3O8/c1-31-13-19-17(18-12-16(14-35(3)4)8-11-21(18)44-7)9-10-20(37)22(19)25(38)24(31)29(41)33(43)28(40)23(30(34)42)26(39)27(36(5)6)32(33,2)15-31/h8-12,27,37-38,40,43H,13-15H2,1-7H3,(H2,34,42)/t27-,31+,32+,33-/m1/s1. The lowest BCUT2D eigenvalue weighted by Crippen LogP contribution is -2.72. The lowest BCUT2D eigenvalue weighted by Gasteiger charge is -2.59. The molecule has 3 aliphatic rings. The van der Waals surface area contributed by atoms with E-state index in [0.717, 1.165) is 11.1 Å². The second-order valence-electron chi connectivity index (χ2n) is 13.2. The summed E-state index contributed by atoms with van der Waals surface area (Å²) in [7, 11) is 8.61. The van der Waals surface area contributed by atoms with Gasteiger partial charge in [0.1, 0.15) is 28.6 Å². The summed E-state index contributed by atoms with van der Waals surface area (Å²) in [5.74, 6) is -4.55. The molecule has 0 unspecified atom stereocenters. The molecule has 0 spiro atoms. The molecule has 11 heteroatoms. The molecular formula is C33H39N3O8. The highest BCUT2D eigenvalue weighted by atomic mass is 16.5. The number of carbonyl (C=O) groups is 3. The maximum absolute atomic E-state index is 14.5. The predicted molar refractivity (Wildman–Crippen MR) is 163 cm³/mol. The van der Waals surface area contributed by atoms with Gasteiger partial charge in [0.05, 0.1) is 18.7 Å². The number of hydrogen-bond donors (Lipinski definition) is 5. The molecule has 0 bridgehead atoms. The first-order valence-electron chi connectivity index (χ1n) is 14.3. The summed E-state index contributed by atoms with van der Waals surface area (Å²) in [6.07, 6.45) is 0.0735. The maximum Gasteiger partial charge on any atom is 0.255 e. The third-order valence-corrected chi connectivity index (χ3v) is 9.57. The third-order valence-electron chi connectivity index (χ3n) is 9.57. The predicted octanol–water partition coefficient (Wildman–Crippen LogP) is 2.48. The zero-order chi connectivity index (χ0) is 32.7. The highest BCUT2D eigenvalue weighted by Gasteiger charge is 2.72. The molecule has 0 saturated heterocycles. The monoisotopic (exact) mass is 605 g/mol. The summed E-state index contributed by atoms with van der Waals surface area (Å²) >= 11 is 0. The Hall–Kier alpha value is -4.19. The van der Waals surface area contributed by atoms with Crippen molar-refractivity contribution in [2.24, 2.45) is 16.6 Å². The molecule has 4 atom stereocenters. The number of likely N-dealkylation sites (N-methyl/N-ethyl adjacent to an activating group) is 1. The number of carbonyl (C=O) groups excluding carboxylic acids is 3. The molecule has 3 aliphatic carbocycles. The Bertz CT molecular complexity index is 1690. The zero-order valence-electron chi connectivity index (χ0n) is 26.0. The van der Waals surface area contributed by atoms with Gasteiger partial charge >= 0.3 is 0 Å². The van der Waals surface area contributed by atoms with Crippen LogP contribution >= 0.6 is 0 Å². The first kappa shape index (κ1) is 31.2. The first-order chi connectivity index (χ1) is 20.4. The van der Waals surface area contributed by atoms with Crippen LogP contribution < -0.4 is 10.5 Å². The molecule has 1 amide bonds. The van der Waals surface area contributed by atoms with Gasteiger partial charge in [-0.2, -0.15) is 0 Å². The van der Waals surface area contributed by atoms with Crippen molar-refractivity contribution in [3.05, 3.63) is 63.9 Å². The van der Waals surface area contributed by atoms with E-state index in [-0.39, 0.29) is 29.7 Å². The fourth-order valence-corrected chi connectivity index (χ4v) is 8.00. The Morgan fingerprint density at radius 2 is 1.70 bits per heavy atom. The number of ketones is 2. The number of nitrogens with two attached hydrogens (primary N) is 1. The van der Waals surface area contributed by atoms with Crippen molar-refractivity contribution in [3.63, 3.8) is 0 Å². The molecule has 11 nitrogen and oxygen atoms in total. The average Bonchev–Trinajstić information content (AvgIpc) is 2.90. The van der Waals surface area contributed by atoms with Crippen molar-refractivity contribution in [1.29, 1.82) is 0 Å². The lowest BCUT2D eigenvalue weighted by atomic mass is 9.46. The quantitative estimate of drug-likeness (QED) is 0.308. The van der Waals surface area contributed by atoms with Crippen molar-refractivity contribution >= 4 is 23.2 Å². The minimum absolute atomic E-state index is 0.0187. The van der Waals surface area contributed by atoms with Gasteiger partial charge < -0.3 is 35.8 Å². The van der Waals surface area contributed by atoms with Crippen molar-refractivity contribution in [3.8, 4) is 22.6 Å². The van der Waals surface area contributed by atoms with Crippen LogP contribution in [0.2, 0.25) is 0 Å². The molecule has 1 fully saturated rings. The summed E-state index contributed by atoms with van der Waals surface area (Å²) in [6.45, 7) is 3.92. The van der Waals surface area contributed by atoms with Gasteiger partial charge in [0, 0.05) is 28.5 Å². The van der Waals surface area contributed by atoms with Crippen LogP contribution in [0, 0.1) is 10.8 Å². The Kier molecular flexibility index (Phi) is 7.23. The van der Waals surface area contributed by atoms with Crippen LogP contribution in [-0.4, -0.2) is 94.6 Å². The van der Waals surface area contributed by atoms with E-state index in [2.05, 4.69) is 0 Å². The van der Waals surface area contributed by atoms with Crippen molar-refractivity contribution in [2.45, 2.75) is 44.9 Å². The number of aliphatic hydroxyl groups excluding tert-OH is 2. The second-order valence-corrected chi connectivity index (χ2v) is 13.2. The van der Waals surface area contributed by atoms with Crippen LogP contribution in [0.25, 0.3) is 16.9 Å². The molecular weight excluding hydrogens is 566 g/mol. The number of ether oxygens (including phenoxy) is 1. The summed E-state index contributed by atoms with van der Waals surface area (Å²) < 4.78 is 5.70. The highest BCUT2D eigenvalue weighted by Crippen LogP contribution is 2.63. The van der Waals surface area contributed by atoms with Gasteiger partial charge in [-0.1, -0.05) is 26.0 Å². The van der Waals surface area contributed by atoms with Gasteiger partial charge in [0.2, 0.25) is 5.78 Å². The molecule has 44 heavy (non-hydrogen) atoms. The van der Waals surface area contributed by atoms with Gasteiger partial charge in [-0.05, 0) is 75.9 Å². The molecule has 2 aromatic carbocycles. The second kappa shape index (κ2) is 10.2. The summed E-state index contributed by atoms with van der Waals surface area (Å²) in [5.41, 5.74) is 1.76. The topological polar surface area (TPSA) is 174 Å². The van der Waals surface area contributed by atoms with Crippen LogP contribution in [0.5, 0.6) is 11.5 Å². The van der Waals surface area contributed by atoms with Gasteiger partial charge in [0.15, 0.2) is 11.4 Å². The average molecular weight is 606 g/mol. The van der Waals surface area contributed by atoms with Gasteiger partial charge in [-0.3, -0.25) is 19.3 Å². The largest absolute Gasteiger partial charge is 0.508 e. The summed E-state index contributed by atoms with van der Waals surface area (Å²) in [5, 5.41) is 46.3. The first-order valence-corrected chi connectivity index (χ1v) is 14.3.